The number of hydrogen-bond donors (Lipinski definition) is 2. The van der Waals surface area contributed by atoms with Gasteiger partial charge < -0.3 is 24.8 Å². The van der Waals surface area contributed by atoms with Crippen LogP contribution in [0.15, 0.2) is 10.9 Å². The monoisotopic (exact) mass is 611 g/mol. The molecule has 4 aliphatic rings. The highest BCUT2D eigenvalue weighted by molar-refractivity contribution is 5.79. The van der Waals surface area contributed by atoms with E-state index in [0.29, 0.717) is 42.1 Å². The average molecular weight is 612 g/mol. The number of aryl methyl sites for hydroxylation is 2. The van der Waals surface area contributed by atoms with E-state index in [9.17, 15) is 9.59 Å². The minimum atomic E-state index is -0.0860. The normalized spacial score (nSPS) is 33.9. The third-order valence-electron chi connectivity index (χ3n) is 12.3. The minimum Gasteiger partial charge on any atom is -0.379 e. The Morgan fingerprint density at radius 3 is 2.25 bits per heavy atom. The Morgan fingerprint density at radius 2 is 1.61 bits per heavy atom. The molecule has 1 amide bonds. The molecule has 1 aromatic rings. The van der Waals surface area contributed by atoms with Gasteiger partial charge in [0, 0.05) is 61.5 Å². The number of amides is 1. The molecule has 0 spiro atoms. The van der Waals surface area contributed by atoms with Crippen LogP contribution in [0.2, 0.25) is 0 Å². The van der Waals surface area contributed by atoms with Crippen molar-refractivity contribution in [1.82, 2.24) is 25.0 Å². The van der Waals surface area contributed by atoms with Crippen molar-refractivity contribution < 1.29 is 9.53 Å². The zero-order valence-electron chi connectivity index (χ0n) is 28.6. The molecule has 44 heavy (non-hydrogen) atoms. The number of rotatable bonds is 9. The van der Waals surface area contributed by atoms with Crippen molar-refractivity contribution in [1.29, 1.82) is 0 Å². The molecule has 2 heterocycles. The number of pyridine rings is 1. The number of hydrogen-bond acceptors (Lipinski definition) is 6. The maximum Gasteiger partial charge on any atom is 0.253 e. The Kier molecular flexibility index (Phi) is 11.6. The molecule has 5 rings (SSSR count). The predicted molar refractivity (Wildman–Crippen MR) is 178 cm³/mol. The SMILES string of the molecule is Cc1cc(C)c(CNC(=O)C2CC(C3CCC(CN4CCOCC4)CC3)CC(N(C)C3CCC(N(C)C)CC3)C2C)c(=O)[nH]1. The molecular weight excluding hydrogens is 550 g/mol. The topological polar surface area (TPSA) is 80.9 Å². The van der Waals surface area contributed by atoms with Crippen molar-refractivity contribution in [3.63, 3.8) is 0 Å². The fourth-order valence-corrected chi connectivity index (χ4v) is 9.35. The van der Waals surface area contributed by atoms with Crippen molar-refractivity contribution >= 4 is 5.91 Å². The zero-order valence-corrected chi connectivity index (χ0v) is 28.6. The number of nitrogens with zero attached hydrogens (tertiary/aromatic N) is 3. The lowest BCUT2D eigenvalue weighted by Gasteiger charge is -2.50. The van der Waals surface area contributed by atoms with Gasteiger partial charge in [0.15, 0.2) is 0 Å². The van der Waals surface area contributed by atoms with Crippen molar-refractivity contribution in [2.45, 2.75) is 110 Å². The van der Waals surface area contributed by atoms with E-state index >= 15 is 0 Å². The second-order valence-electron chi connectivity index (χ2n) is 15.2. The van der Waals surface area contributed by atoms with Gasteiger partial charge in [-0.15, -0.1) is 0 Å². The van der Waals surface area contributed by atoms with E-state index < -0.39 is 0 Å². The number of ether oxygens (including phenoxy) is 1. The molecule has 8 nitrogen and oxygen atoms in total. The Morgan fingerprint density at radius 1 is 0.955 bits per heavy atom. The first kappa shape index (κ1) is 33.6. The molecule has 8 heteroatoms. The van der Waals surface area contributed by atoms with E-state index in [0.717, 1.165) is 49.9 Å². The van der Waals surface area contributed by atoms with Gasteiger partial charge in [0.05, 0.1) is 13.2 Å². The van der Waals surface area contributed by atoms with Gasteiger partial charge in [0.1, 0.15) is 0 Å². The molecule has 0 radical (unpaired) electrons. The van der Waals surface area contributed by atoms with Gasteiger partial charge in [-0.25, -0.2) is 0 Å². The summed E-state index contributed by atoms with van der Waals surface area (Å²) in [6, 6.07) is 3.70. The molecule has 4 unspecified atom stereocenters. The summed E-state index contributed by atoms with van der Waals surface area (Å²) >= 11 is 0. The van der Waals surface area contributed by atoms with Crippen molar-refractivity contribution in [3.8, 4) is 0 Å². The van der Waals surface area contributed by atoms with Gasteiger partial charge in [-0.05, 0) is 135 Å². The van der Waals surface area contributed by atoms with E-state index in [4.69, 9.17) is 4.74 Å². The number of H-pyrrole nitrogens is 1. The number of carbonyl (C=O) groups excluding carboxylic acids is 1. The quantitative estimate of drug-likeness (QED) is 0.426. The van der Waals surface area contributed by atoms with Gasteiger partial charge in [0.25, 0.3) is 5.56 Å². The van der Waals surface area contributed by atoms with E-state index in [-0.39, 0.29) is 23.3 Å². The van der Waals surface area contributed by atoms with E-state index in [2.05, 4.69) is 53.1 Å². The number of nitrogens with one attached hydrogen (secondary N) is 2. The van der Waals surface area contributed by atoms with Crippen LogP contribution >= 0.6 is 0 Å². The number of morpholine rings is 1. The van der Waals surface area contributed by atoms with Crippen molar-refractivity contribution in [3.05, 3.63) is 33.2 Å². The lowest BCUT2D eigenvalue weighted by molar-refractivity contribution is -0.131. The Bertz CT molecular complexity index is 1130. The molecule has 1 aliphatic heterocycles. The van der Waals surface area contributed by atoms with Gasteiger partial charge in [-0.3, -0.25) is 14.5 Å². The average Bonchev–Trinajstić information content (AvgIpc) is 3.01. The maximum absolute atomic E-state index is 14.0. The zero-order chi connectivity index (χ0) is 31.4. The van der Waals surface area contributed by atoms with Crippen LogP contribution in [-0.2, 0) is 16.1 Å². The van der Waals surface area contributed by atoms with E-state index in [1.54, 1.807) is 0 Å². The van der Waals surface area contributed by atoms with Crippen LogP contribution in [0.4, 0.5) is 0 Å². The molecule has 3 aliphatic carbocycles. The predicted octanol–water partition coefficient (Wildman–Crippen LogP) is 4.58. The summed E-state index contributed by atoms with van der Waals surface area (Å²) < 4.78 is 5.57. The van der Waals surface area contributed by atoms with Gasteiger partial charge >= 0.3 is 0 Å². The first-order valence-corrected chi connectivity index (χ1v) is 17.8. The van der Waals surface area contributed by atoms with Crippen LogP contribution in [0, 0.1) is 43.4 Å². The lowest BCUT2D eigenvalue weighted by atomic mass is 9.63. The fourth-order valence-electron chi connectivity index (χ4n) is 9.35. The molecule has 1 saturated heterocycles. The fraction of sp³-hybridized carbons (Fsp3) is 0.833. The maximum atomic E-state index is 14.0. The third kappa shape index (κ3) is 8.15. The van der Waals surface area contributed by atoms with E-state index in [1.807, 2.05) is 19.9 Å². The van der Waals surface area contributed by atoms with Gasteiger partial charge in [-0.1, -0.05) is 6.92 Å². The first-order valence-electron chi connectivity index (χ1n) is 17.8. The van der Waals surface area contributed by atoms with Crippen LogP contribution in [0.3, 0.4) is 0 Å². The van der Waals surface area contributed by atoms with E-state index in [1.165, 1.54) is 64.3 Å². The van der Waals surface area contributed by atoms with Crippen LogP contribution in [-0.4, -0.2) is 97.7 Å². The molecule has 4 fully saturated rings. The third-order valence-corrected chi connectivity index (χ3v) is 12.3. The second kappa shape index (κ2) is 15.2. The number of aromatic amines is 1. The molecule has 3 saturated carbocycles. The van der Waals surface area contributed by atoms with Crippen LogP contribution < -0.4 is 10.9 Å². The summed E-state index contributed by atoms with van der Waals surface area (Å²) in [6.45, 7) is 11.6. The summed E-state index contributed by atoms with van der Waals surface area (Å²) in [5.41, 5.74) is 2.39. The number of carbonyl (C=O) groups is 1. The molecule has 248 valence electrons. The summed E-state index contributed by atoms with van der Waals surface area (Å²) in [6.07, 6.45) is 12.4. The molecule has 2 N–H and O–H groups in total. The van der Waals surface area contributed by atoms with Crippen LogP contribution in [0.5, 0.6) is 0 Å². The minimum absolute atomic E-state index is 0.0183. The second-order valence-corrected chi connectivity index (χ2v) is 15.2. The molecular formula is C36H61N5O3. The highest BCUT2D eigenvalue weighted by Gasteiger charge is 2.45. The first-order chi connectivity index (χ1) is 21.1. The smallest absolute Gasteiger partial charge is 0.253 e. The molecule has 1 aromatic heterocycles. The summed E-state index contributed by atoms with van der Waals surface area (Å²) in [7, 11) is 6.79. The highest BCUT2D eigenvalue weighted by Crippen LogP contribution is 2.46. The largest absolute Gasteiger partial charge is 0.379 e. The van der Waals surface area contributed by atoms with Gasteiger partial charge in [-0.2, -0.15) is 0 Å². The van der Waals surface area contributed by atoms with Crippen molar-refractivity contribution in [2.24, 2.45) is 29.6 Å². The summed E-state index contributed by atoms with van der Waals surface area (Å²) in [5, 5.41) is 3.23. The van der Waals surface area contributed by atoms with Gasteiger partial charge in [0.2, 0.25) is 5.91 Å². The molecule has 4 atom stereocenters. The van der Waals surface area contributed by atoms with Crippen LogP contribution in [0.25, 0.3) is 0 Å². The van der Waals surface area contributed by atoms with Crippen LogP contribution in [0.1, 0.15) is 88.0 Å². The summed E-state index contributed by atoms with van der Waals surface area (Å²) in [4.78, 5) is 37.3. The standard InChI is InChI=1S/C36H61N5O3/c1-24-19-25(2)38-36(43)33(24)22-37-35(42)32-20-29(28-9-7-27(8-10-28)23-41-15-17-44-18-16-41)21-34(26(32)3)40(6)31-13-11-30(12-14-31)39(4)5/h19,26-32,34H,7-18,20-23H2,1-6H3,(H,37,42)(H,38,43). The lowest BCUT2D eigenvalue weighted by Crippen LogP contribution is -2.54. The Labute approximate surface area is 266 Å². The summed E-state index contributed by atoms with van der Waals surface area (Å²) in [5.74, 6) is 2.50. The molecule has 0 bridgehead atoms. The number of aromatic nitrogens is 1. The Balaban J connectivity index is 1.26. The highest BCUT2D eigenvalue weighted by atomic mass is 16.5. The Hall–Kier alpha value is -1.74. The molecule has 0 aromatic carbocycles. The van der Waals surface area contributed by atoms with Crippen molar-refractivity contribution in [2.75, 3.05) is 54.0 Å².